The van der Waals surface area contributed by atoms with Crippen molar-refractivity contribution in [2.45, 2.75) is 6.92 Å². The molecule has 100 valence electrons. The lowest BCUT2D eigenvalue weighted by Gasteiger charge is -2.06. The van der Waals surface area contributed by atoms with Gasteiger partial charge in [-0.2, -0.15) is 9.78 Å². The van der Waals surface area contributed by atoms with Gasteiger partial charge in [0.05, 0.1) is 11.7 Å². The minimum absolute atomic E-state index is 0.344. The quantitative estimate of drug-likeness (QED) is 0.734. The lowest BCUT2D eigenvalue weighted by atomic mass is 10.2. The van der Waals surface area contributed by atoms with Crippen molar-refractivity contribution in [3.8, 4) is 0 Å². The predicted molar refractivity (Wildman–Crippen MR) is 75.3 cm³/mol. The third kappa shape index (κ3) is 2.25. The minimum atomic E-state index is -0.378. The summed E-state index contributed by atoms with van der Waals surface area (Å²) in [6, 6.07) is 11.0. The highest BCUT2D eigenvalue weighted by Crippen LogP contribution is 2.16. The molecule has 0 bridgehead atoms. The van der Waals surface area contributed by atoms with Crippen LogP contribution in [0.25, 0.3) is 10.9 Å². The standard InChI is InChI=1S/C15H12FN3O/c1-10-2-3-11-9-17-19(14(11)8-10)15(20)18-13-6-4-12(16)5-7-13/h2-9H,1H3,(H,18,20). The number of nitrogens with zero attached hydrogens (tertiary/aromatic N) is 2. The molecule has 0 saturated heterocycles. The maximum atomic E-state index is 12.8. The van der Waals surface area contributed by atoms with Gasteiger partial charge in [-0.15, -0.1) is 0 Å². The van der Waals surface area contributed by atoms with Crippen molar-refractivity contribution in [1.82, 2.24) is 9.78 Å². The Balaban J connectivity index is 1.92. The van der Waals surface area contributed by atoms with Gasteiger partial charge in [-0.1, -0.05) is 12.1 Å². The number of carbonyl (C=O) groups is 1. The zero-order valence-electron chi connectivity index (χ0n) is 10.8. The molecule has 4 nitrogen and oxygen atoms in total. The largest absolute Gasteiger partial charge is 0.347 e. The van der Waals surface area contributed by atoms with Gasteiger partial charge in [0, 0.05) is 11.1 Å². The first-order chi connectivity index (χ1) is 9.63. The molecule has 0 spiro atoms. The van der Waals surface area contributed by atoms with Crippen LogP contribution in [0, 0.1) is 12.7 Å². The number of carbonyl (C=O) groups excluding carboxylic acids is 1. The van der Waals surface area contributed by atoms with E-state index in [1.807, 2.05) is 25.1 Å². The molecule has 0 atom stereocenters. The van der Waals surface area contributed by atoms with Gasteiger partial charge in [0.25, 0.3) is 0 Å². The van der Waals surface area contributed by atoms with E-state index in [9.17, 15) is 9.18 Å². The van der Waals surface area contributed by atoms with Crippen LogP contribution in [0.15, 0.2) is 48.7 Å². The molecule has 3 rings (SSSR count). The monoisotopic (exact) mass is 269 g/mol. The molecule has 0 unspecified atom stereocenters. The zero-order chi connectivity index (χ0) is 14.1. The van der Waals surface area contributed by atoms with Crippen LogP contribution in [0.5, 0.6) is 0 Å². The van der Waals surface area contributed by atoms with Crippen LogP contribution in [-0.4, -0.2) is 15.8 Å². The summed E-state index contributed by atoms with van der Waals surface area (Å²) in [7, 11) is 0. The third-order valence-corrected chi connectivity index (χ3v) is 3.01. The number of hydrogen-bond donors (Lipinski definition) is 1. The number of rotatable bonds is 1. The number of aryl methyl sites for hydroxylation is 1. The molecule has 20 heavy (non-hydrogen) atoms. The maximum absolute atomic E-state index is 12.8. The van der Waals surface area contributed by atoms with E-state index in [0.29, 0.717) is 5.69 Å². The molecular weight excluding hydrogens is 257 g/mol. The van der Waals surface area contributed by atoms with E-state index in [2.05, 4.69) is 10.4 Å². The van der Waals surface area contributed by atoms with E-state index in [0.717, 1.165) is 16.5 Å². The fourth-order valence-electron chi connectivity index (χ4n) is 2.00. The fraction of sp³-hybridized carbons (Fsp3) is 0.0667. The van der Waals surface area contributed by atoms with Crippen LogP contribution in [0.1, 0.15) is 5.56 Å². The molecule has 0 aliphatic rings. The lowest BCUT2D eigenvalue weighted by Crippen LogP contribution is -2.20. The van der Waals surface area contributed by atoms with E-state index >= 15 is 0 Å². The van der Waals surface area contributed by atoms with Gasteiger partial charge in [0.1, 0.15) is 5.82 Å². The molecule has 1 N–H and O–H groups in total. The van der Waals surface area contributed by atoms with E-state index < -0.39 is 0 Å². The SMILES string of the molecule is Cc1ccc2cnn(C(=O)Nc3ccc(F)cc3)c2c1. The predicted octanol–water partition coefficient (Wildman–Crippen LogP) is 3.56. The Bertz CT molecular complexity index is 777. The maximum Gasteiger partial charge on any atom is 0.347 e. The number of hydrogen-bond acceptors (Lipinski definition) is 2. The van der Waals surface area contributed by atoms with Gasteiger partial charge in [-0.05, 0) is 42.8 Å². The van der Waals surface area contributed by atoms with Crippen LogP contribution < -0.4 is 5.32 Å². The number of fused-ring (bicyclic) bond motifs is 1. The Labute approximate surface area is 114 Å². The Hall–Kier alpha value is -2.69. The van der Waals surface area contributed by atoms with E-state index in [4.69, 9.17) is 0 Å². The molecule has 0 radical (unpaired) electrons. The molecule has 0 aliphatic carbocycles. The smallest absolute Gasteiger partial charge is 0.306 e. The number of amides is 1. The second kappa shape index (κ2) is 4.77. The van der Waals surface area contributed by atoms with Gasteiger partial charge in [0.15, 0.2) is 0 Å². The molecule has 1 amide bonds. The van der Waals surface area contributed by atoms with Gasteiger partial charge >= 0.3 is 6.03 Å². The first kappa shape index (κ1) is 12.3. The Morgan fingerprint density at radius 3 is 2.70 bits per heavy atom. The first-order valence-electron chi connectivity index (χ1n) is 6.15. The number of benzene rings is 2. The summed E-state index contributed by atoms with van der Waals surface area (Å²) >= 11 is 0. The van der Waals surface area contributed by atoms with Crippen molar-refractivity contribution in [3.63, 3.8) is 0 Å². The van der Waals surface area contributed by atoms with Crippen molar-refractivity contribution >= 4 is 22.6 Å². The molecule has 1 heterocycles. The summed E-state index contributed by atoms with van der Waals surface area (Å²) in [6.45, 7) is 1.95. The van der Waals surface area contributed by atoms with Crippen molar-refractivity contribution in [3.05, 3.63) is 60.0 Å². The highest BCUT2D eigenvalue weighted by molar-refractivity contribution is 5.97. The van der Waals surface area contributed by atoms with Crippen molar-refractivity contribution < 1.29 is 9.18 Å². The molecule has 0 fully saturated rings. The number of halogens is 1. The number of aromatic nitrogens is 2. The summed E-state index contributed by atoms with van der Waals surface area (Å²) in [5.41, 5.74) is 2.31. The van der Waals surface area contributed by atoms with E-state index in [1.54, 1.807) is 6.20 Å². The molecule has 5 heteroatoms. The Kier molecular flexibility index (Phi) is 2.95. The molecule has 0 saturated carbocycles. The molecule has 1 aromatic heterocycles. The van der Waals surface area contributed by atoms with Gasteiger partial charge in [-0.25, -0.2) is 9.18 Å². The summed E-state index contributed by atoms with van der Waals surface area (Å²) < 4.78 is 14.1. The van der Waals surface area contributed by atoms with Gasteiger partial charge in [0.2, 0.25) is 0 Å². The number of nitrogens with one attached hydrogen (secondary N) is 1. The second-order valence-corrected chi connectivity index (χ2v) is 4.56. The summed E-state index contributed by atoms with van der Waals surface area (Å²) in [6.07, 6.45) is 1.64. The summed E-state index contributed by atoms with van der Waals surface area (Å²) in [5.74, 6) is -0.344. The topological polar surface area (TPSA) is 46.9 Å². The fourth-order valence-corrected chi connectivity index (χ4v) is 2.00. The Morgan fingerprint density at radius 1 is 1.20 bits per heavy atom. The van der Waals surface area contributed by atoms with Crippen LogP contribution in [0.2, 0.25) is 0 Å². The first-order valence-corrected chi connectivity index (χ1v) is 6.15. The Morgan fingerprint density at radius 2 is 1.95 bits per heavy atom. The van der Waals surface area contributed by atoms with E-state index in [-0.39, 0.29) is 11.8 Å². The number of anilines is 1. The molecular formula is C15H12FN3O. The van der Waals surface area contributed by atoms with Crippen LogP contribution in [0.3, 0.4) is 0 Å². The molecule has 2 aromatic carbocycles. The molecule has 0 aliphatic heterocycles. The van der Waals surface area contributed by atoms with Crippen LogP contribution in [-0.2, 0) is 0 Å². The average Bonchev–Trinajstić information content (AvgIpc) is 2.84. The lowest BCUT2D eigenvalue weighted by molar-refractivity contribution is 0.252. The normalized spacial score (nSPS) is 10.7. The van der Waals surface area contributed by atoms with Crippen molar-refractivity contribution in [2.24, 2.45) is 0 Å². The zero-order valence-corrected chi connectivity index (χ0v) is 10.8. The molecule has 3 aromatic rings. The van der Waals surface area contributed by atoms with Crippen molar-refractivity contribution in [1.29, 1.82) is 0 Å². The highest BCUT2D eigenvalue weighted by Gasteiger charge is 2.10. The van der Waals surface area contributed by atoms with Crippen molar-refractivity contribution in [2.75, 3.05) is 5.32 Å². The van der Waals surface area contributed by atoms with Crippen LogP contribution in [0.4, 0.5) is 14.9 Å². The van der Waals surface area contributed by atoms with Gasteiger partial charge in [-0.3, -0.25) is 0 Å². The third-order valence-electron chi connectivity index (χ3n) is 3.01. The van der Waals surface area contributed by atoms with Crippen LogP contribution >= 0.6 is 0 Å². The summed E-state index contributed by atoms with van der Waals surface area (Å²) in [4.78, 5) is 12.2. The summed E-state index contributed by atoms with van der Waals surface area (Å²) in [5, 5.41) is 7.65. The average molecular weight is 269 g/mol. The van der Waals surface area contributed by atoms with E-state index in [1.165, 1.54) is 28.9 Å². The second-order valence-electron chi connectivity index (χ2n) is 4.56. The van der Waals surface area contributed by atoms with Gasteiger partial charge < -0.3 is 5.32 Å². The minimum Gasteiger partial charge on any atom is -0.306 e. The highest BCUT2D eigenvalue weighted by atomic mass is 19.1.